The first-order valence-electron chi connectivity index (χ1n) is 6.84. The van der Waals surface area contributed by atoms with Gasteiger partial charge in [-0.2, -0.15) is 0 Å². The van der Waals surface area contributed by atoms with Crippen LogP contribution in [0.5, 0.6) is 0 Å². The predicted octanol–water partition coefficient (Wildman–Crippen LogP) is 1.17. The molecule has 0 bridgehead atoms. The van der Waals surface area contributed by atoms with Gasteiger partial charge in [-0.3, -0.25) is 9.97 Å². The van der Waals surface area contributed by atoms with Crippen molar-refractivity contribution >= 4 is 0 Å². The SMILES string of the molecule is NCCCNC1c2cccnc2-c2ncccc2C1O. The fourth-order valence-corrected chi connectivity index (χ4v) is 2.65. The second-order valence-corrected chi connectivity index (χ2v) is 4.90. The molecule has 2 aromatic heterocycles. The highest BCUT2D eigenvalue weighted by Crippen LogP contribution is 2.41. The summed E-state index contributed by atoms with van der Waals surface area (Å²) in [7, 11) is 0. The van der Waals surface area contributed by atoms with Crippen molar-refractivity contribution in [2.45, 2.75) is 18.6 Å². The van der Waals surface area contributed by atoms with Crippen molar-refractivity contribution in [3.05, 3.63) is 47.8 Å². The Labute approximate surface area is 117 Å². The standard InChI is InChI=1S/C15H18N4O/c16-6-3-9-19-14-10-4-1-7-17-12(10)13-11(15(14)20)5-2-8-18-13/h1-2,4-5,7-8,14-15,19-20H,3,6,9,16H2. The minimum atomic E-state index is -0.617. The van der Waals surface area contributed by atoms with Crippen LogP contribution >= 0.6 is 0 Å². The molecule has 2 atom stereocenters. The molecule has 0 spiro atoms. The van der Waals surface area contributed by atoms with Gasteiger partial charge >= 0.3 is 0 Å². The smallest absolute Gasteiger partial charge is 0.101 e. The molecule has 1 aliphatic carbocycles. The first-order valence-corrected chi connectivity index (χ1v) is 6.84. The molecule has 5 nitrogen and oxygen atoms in total. The average molecular weight is 270 g/mol. The Hall–Kier alpha value is -1.82. The number of hydrogen-bond donors (Lipinski definition) is 3. The molecule has 3 rings (SSSR count). The summed E-state index contributed by atoms with van der Waals surface area (Å²) in [6.07, 6.45) is 3.74. The van der Waals surface area contributed by atoms with Crippen LogP contribution < -0.4 is 11.1 Å². The summed E-state index contributed by atoms with van der Waals surface area (Å²) in [5.74, 6) is 0. The van der Waals surface area contributed by atoms with E-state index in [9.17, 15) is 5.11 Å². The normalized spacial score (nSPS) is 20.3. The van der Waals surface area contributed by atoms with Gasteiger partial charge in [0.15, 0.2) is 0 Å². The highest BCUT2D eigenvalue weighted by atomic mass is 16.3. The van der Waals surface area contributed by atoms with E-state index in [2.05, 4.69) is 15.3 Å². The summed E-state index contributed by atoms with van der Waals surface area (Å²) >= 11 is 0. The van der Waals surface area contributed by atoms with Gasteiger partial charge in [-0.25, -0.2) is 0 Å². The maximum Gasteiger partial charge on any atom is 0.101 e. The van der Waals surface area contributed by atoms with E-state index in [4.69, 9.17) is 5.73 Å². The minimum Gasteiger partial charge on any atom is -0.386 e. The first kappa shape index (κ1) is 13.2. The molecule has 4 N–H and O–H groups in total. The molecule has 0 saturated carbocycles. The molecule has 0 aliphatic heterocycles. The Kier molecular flexibility index (Phi) is 3.73. The summed E-state index contributed by atoms with van der Waals surface area (Å²) in [5.41, 5.74) is 8.95. The molecule has 0 amide bonds. The van der Waals surface area contributed by atoms with Gasteiger partial charge in [-0.1, -0.05) is 12.1 Å². The zero-order valence-electron chi connectivity index (χ0n) is 11.2. The van der Waals surface area contributed by atoms with E-state index in [1.165, 1.54) is 0 Å². The van der Waals surface area contributed by atoms with Crippen molar-refractivity contribution < 1.29 is 5.11 Å². The third kappa shape index (κ3) is 2.20. The number of aliphatic hydroxyl groups is 1. The number of nitrogens with two attached hydrogens (primary N) is 1. The molecule has 0 fully saturated rings. The van der Waals surface area contributed by atoms with Gasteiger partial charge in [-0.05, 0) is 37.2 Å². The van der Waals surface area contributed by atoms with Crippen LogP contribution in [0.1, 0.15) is 29.7 Å². The molecule has 2 aromatic rings. The molecule has 1 aliphatic rings. The summed E-state index contributed by atoms with van der Waals surface area (Å²) in [5, 5.41) is 14.0. The molecule has 20 heavy (non-hydrogen) atoms. The van der Waals surface area contributed by atoms with Crippen LogP contribution in [0, 0.1) is 0 Å². The Bertz CT molecular complexity index is 602. The molecule has 5 heteroatoms. The van der Waals surface area contributed by atoms with E-state index in [-0.39, 0.29) is 6.04 Å². The molecule has 104 valence electrons. The van der Waals surface area contributed by atoms with Crippen molar-refractivity contribution in [3.8, 4) is 11.4 Å². The van der Waals surface area contributed by atoms with E-state index in [1.54, 1.807) is 12.4 Å². The molecule has 0 aromatic carbocycles. The second-order valence-electron chi connectivity index (χ2n) is 4.90. The molecular formula is C15H18N4O. The first-order chi connectivity index (χ1) is 9.83. The number of nitrogens with zero attached hydrogens (tertiary/aromatic N) is 2. The van der Waals surface area contributed by atoms with Crippen LogP contribution in [0.2, 0.25) is 0 Å². The van der Waals surface area contributed by atoms with Gasteiger partial charge in [-0.15, -0.1) is 0 Å². The van der Waals surface area contributed by atoms with E-state index in [0.29, 0.717) is 6.54 Å². The van der Waals surface area contributed by atoms with E-state index in [1.807, 2.05) is 24.3 Å². The zero-order chi connectivity index (χ0) is 13.9. The second kappa shape index (κ2) is 5.66. The van der Waals surface area contributed by atoms with Gasteiger partial charge in [0.25, 0.3) is 0 Å². The van der Waals surface area contributed by atoms with Crippen LogP contribution in [0.15, 0.2) is 36.7 Å². The number of pyridine rings is 2. The van der Waals surface area contributed by atoms with Crippen LogP contribution in [0.4, 0.5) is 0 Å². The maximum atomic E-state index is 10.6. The topological polar surface area (TPSA) is 84.1 Å². The predicted molar refractivity (Wildman–Crippen MR) is 76.8 cm³/mol. The third-order valence-electron chi connectivity index (χ3n) is 3.62. The number of aliphatic hydroxyl groups excluding tert-OH is 1. The monoisotopic (exact) mass is 270 g/mol. The van der Waals surface area contributed by atoms with Gasteiger partial charge in [0, 0.05) is 18.0 Å². The lowest BCUT2D eigenvalue weighted by Crippen LogP contribution is -2.32. The van der Waals surface area contributed by atoms with Gasteiger partial charge in [0.05, 0.1) is 17.4 Å². The van der Waals surface area contributed by atoms with Crippen LogP contribution in [-0.2, 0) is 0 Å². The van der Waals surface area contributed by atoms with Crippen molar-refractivity contribution in [1.29, 1.82) is 0 Å². The maximum absolute atomic E-state index is 10.6. The average Bonchev–Trinajstić information content (AvgIpc) is 2.51. The lowest BCUT2D eigenvalue weighted by molar-refractivity contribution is 0.126. The van der Waals surface area contributed by atoms with Crippen LogP contribution in [0.25, 0.3) is 11.4 Å². The van der Waals surface area contributed by atoms with E-state index >= 15 is 0 Å². The number of fused-ring (bicyclic) bond motifs is 3. The molecule has 2 heterocycles. The number of hydrogen-bond acceptors (Lipinski definition) is 5. The molecular weight excluding hydrogens is 252 g/mol. The fourth-order valence-electron chi connectivity index (χ4n) is 2.65. The Balaban J connectivity index is 2.02. The summed E-state index contributed by atoms with van der Waals surface area (Å²) < 4.78 is 0. The van der Waals surface area contributed by atoms with Gasteiger partial charge in [0.2, 0.25) is 0 Å². The van der Waals surface area contributed by atoms with Crippen molar-refractivity contribution in [3.63, 3.8) is 0 Å². The molecule has 0 radical (unpaired) electrons. The summed E-state index contributed by atoms with van der Waals surface area (Å²) in [6.45, 7) is 1.40. The third-order valence-corrected chi connectivity index (χ3v) is 3.62. The van der Waals surface area contributed by atoms with Crippen LogP contribution in [-0.4, -0.2) is 28.2 Å². The number of nitrogens with one attached hydrogen (secondary N) is 1. The number of aromatic nitrogens is 2. The largest absolute Gasteiger partial charge is 0.386 e. The van der Waals surface area contributed by atoms with Gasteiger partial charge < -0.3 is 16.2 Å². The minimum absolute atomic E-state index is 0.165. The lowest BCUT2D eigenvalue weighted by Gasteiger charge is -2.31. The van der Waals surface area contributed by atoms with Gasteiger partial charge in [0.1, 0.15) is 6.10 Å². The summed E-state index contributed by atoms with van der Waals surface area (Å²) in [4.78, 5) is 8.81. The van der Waals surface area contributed by atoms with Crippen molar-refractivity contribution in [2.24, 2.45) is 5.73 Å². The highest BCUT2D eigenvalue weighted by Gasteiger charge is 2.33. The fraction of sp³-hybridized carbons (Fsp3) is 0.333. The Morgan fingerprint density at radius 1 is 1.10 bits per heavy atom. The zero-order valence-corrected chi connectivity index (χ0v) is 11.2. The van der Waals surface area contributed by atoms with E-state index < -0.39 is 6.10 Å². The van der Waals surface area contributed by atoms with Crippen molar-refractivity contribution in [1.82, 2.24) is 15.3 Å². The Morgan fingerprint density at radius 3 is 2.45 bits per heavy atom. The Morgan fingerprint density at radius 2 is 1.75 bits per heavy atom. The molecule has 0 saturated heterocycles. The van der Waals surface area contributed by atoms with E-state index in [0.717, 1.165) is 35.5 Å². The van der Waals surface area contributed by atoms with Crippen molar-refractivity contribution in [2.75, 3.05) is 13.1 Å². The number of rotatable bonds is 4. The molecule has 2 unspecified atom stereocenters. The van der Waals surface area contributed by atoms with Crippen LogP contribution in [0.3, 0.4) is 0 Å². The highest BCUT2D eigenvalue weighted by molar-refractivity contribution is 5.67. The summed E-state index contributed by atoms with van der Waals surface area (Å²) in [6, 6.07) is 7.46. The lowest BCUT2D eigenvalue weighted by atomic mass is 9.86. The quantitative estimate of drug-likeness (QED) is 0.726.